The van der Waals surface area contributed by atoms with E-state index < -0.39 is 11.9 Å². The fraction of sp³-hybridized carbons (Fsp3) is 0.129. The number of nitrogens with one attached hydrogen (secondary N) is 2. The summed E-state index contributed by atoms with van der Waals surface area (Å²) in [4.78, 5) is 51.7. The van der Waals surface area contributed by atoms with Crippen LogP contribution in [0.15, 0.2) is 85.7 Å². The number of carbonyl (C=O) groups is 3. The van der Waals surface area contributed by atoms with Gasteiger partial charge in [0.1, 0.15) is 34.4 Å². The Bertz CT molecular complexity index is 2000. The van der Waals surface area contributed by atoms with E-state index in [1.165, 1.54) is 22.0 Å². The first-order valence-electron chi connectivity index (χ1n) is 14.5. The third kappa shape index (κ3) is 9.69. The molecule has 18 nitrogen and oxygen atoms in total. The SMILES string of the molecule is CCOC(=O)c1cnc(C)nc1Nc1cccc(-n2nccn2)c1.Cc1ncc(C(N)=O)c(Nc2cccc(-n3nccn3)c2)n1.NC=O. The summed E-state index contributed by atoms with van der Waals surface area (Å²) in [6.45, 7) is 5.53. The fourth-order valence-corrected chi connectivity index (χ4v) is 4.06. The van der Waals surface area contributed by atoms with Crippen molar-refractivity contribution in [3.05, 3.63) is 108 Å². The minimum absolute atomic E-state index is 0.230. The molecule has 0 aliphatic rings. The smallest absolute Gasteiger partial charge is 0.343 e. The number of aromatic nitrogens is 10. The number of hydrogen-bond acceptors (Lipinski definition) is 14. The topological polar surface area (TPSA) is 250 Å². The number of esters is 1. The maximum atomic E-state index is 12.1. The van der Waals surface area contributed by atoms with Gasteiger partial charge in [0.05, 0.1) is 42.8 Å². The van der Waals surface area contributed by atoms with Gasteiger partial charge in [-0.25, -0.2) is 24.7 Å². The largest absolute Gasteiger partial charge is 0.462 e. The van der Waals surface area contributed by atoms with E-state index in [0.29, 0.717) is 23.3 Å². The molecule has 250 valence electrons. The van der Waals surface area contributed by atoms with Gasteiger partial charge in [0.15, 0.2) is 0 Å². The van der Waals surface area contributed by atoms with Crippen LogP contribution in [0.25, 0.3) is 11.4 Å². The summed E-state index contributed by atoms with van der Waals surface area (Å²) in [5.41, 5.74) is 13.1. The Morgan fingerprint density at radius 2 is 1.20 bits per heavy atom. The third-order valence-corrected chi connectivity index (χ3v) is 6.10. The highest BCUT2D eigenvalue weighted by atomic mass is 16.5. The van der Waals surface area contributed by atoms with Gasteiger partial charge in [0, 0.05) is 23.8 Å². The zero-order chi connectivity index (χ0) is 35.2. The molecule has 0 atom stereocenters. The molecule has 18 heteroatoms. The van der Waals surface area contributed by atoms with Crippen LogP contribution in [0.2, 0.25) is 0 Å². The Balaban J connectivity index is 0.000000205. The van der Waals surface area contributed by atoms with Crippen molar-refractivity contribution < 1.29 is 19.1 Å². The number of benzene rings is 2. The van der Waals surface area contributed by atoms with Crippen LogP contribution in [0.1, 0.15) is 39.3 Å². The second-order valence-corrected chi connectivity index (χ2v) is 9.57. The quantitative estimate of drug-likeness (QED) is 0.128. The molecule has 2 aromatic carbocycles. The van der Waals surface area contributed by atoms with Gasteiger partial charge in [-0.15, -0.1) is 0 Å². The Hall–Kier alpha value is -7.11. The predicted octanol–water partition coefficient (Wildman–Crippen LogP) is 2.60. The molecule has 0 fully saturated rings. The Morgan fingerprint density at radius 1 is 0.776 bits per heavy atom. The standard InChI is InChI=1S/C16H16N6O2.C14H13N7O.CH3NO/c1-3-24-16(23)14-10-17-11(2)20-15(14)21-12-5-4-6-13(9-12)22-18-7-8-19-22;1-9-16-8-12(13(15)22)14(19-9)20-10-3-2-4-11(7-10)21-17-5-6-18-21;2-1-3/h4-10H,3H2,1-2H3,(H,17,20,21);2-8H,1H3,(H2,15,22)(H,16,19,20);1H,(H2,2,3). The molecule has 4 heterocycles. The van der Waals surface area contributed by atoms with Gasteiger partial charge in [-0.05, 0) is 57.2 Å². The summed E-state index contributed by atoms with van der Waals surface area (Å²) in [6.07, 6.45) is 9.52. The second-order valence-electron chi connectivity index (χ2n) is 9.57. The number of carbonyl (C=O) groups excluding carboxylic acids is 3. The van der Waals surface area contributed by atoms with E-state index in [1.54, 1.807) is 45.6 Å². The summed E-state index contributed by atoms with van der Waals surface area (Å²) in [6, 6.07) is 14.8. The fourth-order valence-electron chi connectivity index (χ4n) is 4.06. The van der Waals surface area contributed by atoms with Gasteiger partial charge >= 0.3 is 5.97 Å². The van der Waals surface area contributed by atoms with E-state index in [1.807, 2.05) is 48.5 Å². The number of rotatable bonds is 9. The molecule has 0 aliphatic carbocycles. The van der Waals surface area contributed by atoms with Crippen LogP contribution in [0.3, 0.4) is 0 Å². The van der Waals surface area contributed by atoms with Gasteiger partial charge in [-0.3, -0.25) is 9.59 Å². The van der Waals surface area contributed by atoms with Crippen LogP contribution in [-0.2, 0) is 9.53 Å². The number of primary amides is 2. The maximum absolute atomic E-state index is 12.1. The Kier molecular flexibility index (Phi) is 12.0. The lowest BCUT2D eigenvalue weighted by molar-refractivity contribution is -0.106. The molecular formula is C31H32N14O4. The van der Waals surface area contributed by atoms with Crippen LogP contribution in [-0.4, -0.2) is 74.8 Å². The first kappa shape index (κ1) is 34.8. The summed E-state index contributed by atoms with van der Waals surface area (Å²) in [5.74, 6) is 0.794. The molecule has 0 saturated heterocycles. The monoisotopic (exact) mass is 664 g/mol. The average Bonchev–Trinajstić information content (AvgIpc) is 3.82. The van der Waals surface area contributed by atoms with E-state index >= 15 is 0 Å². The molecule has 2 amide bonds. The maximum Gasteiger partial charge on any atom is 0.343 e. The number of nitrogens with zero attached hydrogens (tertiary/aromatic N) is 10. The predicted molar refractivity (Wildman–Crippen MR) is 178 cm³/mol. The molecule has 6 N–H and O–H groups in total. The van der Waals surface area contributed by atoms with Crippen molar-refractivity contribution in [3.63, 3.8) is 0 Å². The van der Waals surface area contributed by atoms with Crippen LogP contribution in [0.5, 0.6) is 0 Å². The molecule has 0 saturated carbocycles. The first-order chi connectivity index (χ1) is 23.7. The van der Waals surface area contributed by atoms with Crippen molar-refractivity contribution in [3.8, 4) is 11.4 Å². The summed E-state index contributed by atoms with van der Waals surface area (Å²) < 4.78 is 5.05. The number of hydrogen-bond donors (Lipinski definition) is 4. The van der Waals surface area contributed by atoms with Gasteiger partial charge in [0.25, 0.3) is 5.91 Å². The summed E-state index contributed by atoms with van der Waals surface area (Å²) in [5, 5.41) is 22.5. The highest BCUT2D eigenvalue weighted by Gasteiger charge is 2.16. The summed E-state index contributed by atoms with van der Waals surface area (Å²) >= 11 is 0. The van der Waals surface area contributed by atoms with Crippen LogP contribution in [0.4, 0.5) is 23.0 Å². The van der Waals surface area contributed by atoms with E-state index in [-0.39, 0.29) is 24.1 Å². The van der Waals surface area contributed by atoms with Crippen molar-refractivity contribution in [2.24, 2.45) is 11.5 Å². The first-order valence-corrected chi connectivity index (χ1v) is 14.5. The highest BCUT2D eigenvalue weighted by molar-refractivity contribution is 5.98. The van der Waals surface area contributed by atoms with Crippen molar-refractivity contribution in [1.29, 1.82) is 0 Å². The number of amides is 2. The molecule has 6 rings (SSSR count). The van der Waals surface area contributed by atoms with Crippen molar-refractivity contribution in [2.75, 3.05) is 17.2 Å². The number of anilines is 4. The van der Waals surface area contributed by atoms with Gasteiger partial charge in [-0.2, -0.15) is 30.0 Å². The van der Waals surface area contributed by atoms with Crippen molar-refractivity contribution in [1.82, 2.24) is 49.9 Å². The van der Waals surface area contributed by atoms with Gasteiger partial charge in [-0.1, -0.05) is 12.1 Å². The normalized spacial score (nSPS) is 10.0. The third-order valence-electron chi connectivity index (χ3n) is 6.10. The zero-order valence-electron chi connectivity index (χ0n) is 26.6. The molecule has 0 unspecified atom stereocenters. The number of ether oxygens (including phenoxy) is 1. The van der Waals surface area contributed by atoms with E-state index in [4.69, 9.17) is 15.3 Å². The number of nitrogens with two attached hydrogens (primary N) is 2. The molecule has 49 heavy (non-hydrogen) atoms. The molecule has 0 spiro atoms. The minimum Gasteiger partial charge on any atom is -0.462 e. The molecule has 0 aliphatic heterocycles. The Morgan fingerprint density at radius 3 is 1.63 bits per heavy atom. The molecule has 0 bridgehead atoms. The molecule has 0 radical (unpaired) electrons. The molecular weight excluding hydrogens is 632 g/mol. The lowest BCUT2D eigenvalue weighted by Crippen LogP contribution is -2.15. The Labute approximate surface area is 279 Å². The highest BCUT2D eigenvalue weighted by Crippen LogP contribution is 2.22. The van der Waals surface area contributed by atoms with Crippen LogP contribution >= 0.6 is 0 Å². The summed E-state index contributed by atoms with van der Waals surface area (Å²) in [7, 11) is 0. The molecule has 4 aromatic heterocycles. The van der Waals surface area contributed by atoms with Crippen LogP contribution < -0.4 is 22.1 Å². The molecule has 6 aromatic rings. The van der Waals surface area contributed by atoms with Gasteiger partial charge in [0.2, 0.25) is 6.41 Å². The van der Waals surface area contributed by atoms with Crippen LogP contribution in [0, 0.1) is 13.8 Å². The zero-order valence-corrected chi connectivity index (χ0v) is 26.6. The lowest BCUT2D eigenvalue weighted by atomic mass is 10.2. The van der Waals surface area contributed by atoms with Gasteiger partial charge < -0.3 is 26.8 Å². The average molecular weight is 665 g/mol. The van der Waals surface area contributed by atoms with Crippen molar-refractivity contribution in [2.45, 2.75) is 20.8 Å². The van der Waals surface area contributed by atoms with Crippen molar-refractivity contribution >= 4 is 41.3 Å². The second kappa shape index (κ2) is 17.0. The lowest BCUT2D eigenvalue weighted by Gasteiger charge is -2.11. The number of aryl methyl sites for hydroxylation is 2. The van der Waals surface area contributed by atoms with E-state index in [9.17, 15) is 9.59 Å². The van der Waals surface area contributed by atoms with E-state index in [2.05, 4.69) is 56.7 Å². The van der Waals surface area contributed by atoms with E-state index in [0.717, 1.165) is 22.7 Å². The minimum atomic E-state index is -0.590.